The van der Waals surface area contributed by atoms with Crippen molar-refractivity contribution in [1.29, 1.82) is 0 Å². The van der Waals surface area contributed by atoms with Crippen molar-refractivity contribution in [2.75, 3.05) is 16.3 Å². The second kappa shape index (κ2) is 7.74. The van der Waals surface area contributed by atoms with E-state index in [2.05, 4.69) is 10.0 Å². The van der Waals surface area contributed by atoms with Gasteiger partial charge in [0, 0.05) is 11.4 Å². The molecule has 0 aliphatic rings. The lowest BCUT2D eigenvalue weighted by Gasteiger charge is -2.14. The number of aromatic carboxylic acids is 1. The summed E-state index contributed by atoms with van der Waals surface area (Å²) in [5, 5.41) is 12.7. The SMILES string of the molecule is Cc1ccccc1Nc1cc(-c2ccc(NS(C)(=O)=O)cc2)ccc1C(=O)O. The second-order valence-electron chi connectivity index (χ2n) is 6.46. The molecular formula is C21H20N2O4S. The molecule has 7 heteroatoms. The van der Waals surface area contributed by atoms with Gasteiger partial charge in [0.25, 0.3) is 0 Å². The average molecular weight is 396 g/mol. The molecule has 0 heterocycles. The second-order valence-corrected chi connectivity index (χ2v) is 8.21. The van der Waals surface area contributed by atoms with Gasteiger partial charge in [0.05, 0.1) is 17.5 Å². The predicted molar refractivity (Wildman–Crippen MR) is 112 cm³/mol. The van der Waals surface area contributed by atoms with Gasteiger partial charge in [0.15, 0.2) is 0 Å². The number of carboxylic acids is 1. The molecule has 0 spiro atoms. The first kappa shape index (κ1) is 19.4. The van der Waals surface area contributed by atoms with Crippen LogP contribution >= 0.6 is 0 Å². The fourth-order valence-electron chi connectivity index (χ4n) is 2.82. The van der Waals surface area contributed by atoms with Gasteiger partial charge in [-0.2, -0.15) is 0 Å². The number of hydrogen-bond acceptors (Lipinski definition) is 4. The van der Waals surface area contributed by atoms with Crippen molar-refractivity contribution in [1.82, 2.24) is 0 Å². The van der Waals surface area contributed by atoms with Crippen molar-refractivity contribution in [2.45, 2.75) is 6.92 Å². The number of carboxylic acid groups (broad SMARTS) is 1. The Bertz CT molecular complexity index is 1120. The van der Waals surface area contributed by atoms with E-state index in [-0.39, 0.29) is 5.56 Å². The third-order valence-electron chi connectivity index (χ3n) is 4.19. The van der Waals surface area contributed by atoms with Crippen LogP contribution in [0.25, 0.3) is 11.1 Å². The number of nitrogens with one attached hydrogen (secondary N) is 2. The summed E-state index contributed by atoms with van der Waals surface area (Å²) in [7, 11) is -3.34. The van der Waals surface area contributed by atoms with Gasteiger partial charge in [0.2, 0.25) is 10.0 Å². The maximum atomic E-state index is 11.6. The Morgan fingerprint density at radius 2 is 1.54 bits per heavy atom. The molecule has 0 radical (unpaired) electrons. The zero-order chi connectivity index (χ0) is 20.3. The number of carbonyl (C=O) groups is 1. The van der Waals surface area contributed by atoms with E-state index in [0.717, 1.165) is 28.6 Å². The minimum atomic E-state index is -3.34. The van der Waals surface area contributed by atoms with Gasteiger partial charge in [-0.1, -0.05) is 36.4 Å². The predicted octanol–water partition coefficient (Wildman–Crippen LogP) is 4.48. The van der Waals surface area contributed by atoms with Crippen LogP contribution in [0.5, 0.6) is 0 Å². The average Bonchev–Trinajstić information content (AvgIpc) is 2.63. The molecule has 3 N–H and O–H groups in total. The molecule has 0 amide bonds. The smallest absolute Gasteiger partial charge is 0.337 e. The van der Waals surface area contributed by atoms with E-state index >= 15 is 0 Å². The first-order valence-corrected chi connectivity index (χ1v) is 10.4. The molecule has 28 heavy (non-hydrogen) atoms. The van der Waals surface area contributed by atoms with Crippen molar-refractivity contribution < 1.29 is 18.3 Å². The summed E-state index contributed by atoms with van der Waals surface area (Å²) in [5.41, 5.74) is 4.60. The molecule has 0 saturated carbocycles. The summed E-state index contributed by atoms with van der Waals surface area (Å²) >= 11 is 0. The normalized spacial score (nSPS) is 11.1. The molecule has 0 aliphatic heterocycles. The van der Waals surface area contributed by atoms with Gasteiger partial charge in [0.1, 0.15) is 0 Å². The van der Waals surface area contributed by atoms with Crippen LogP contribution in [-0.2, 0) is 10.0 Å². The van der Waals surface area contributed by atoms with Crippen molar-refractivity contribution in [2.24, 2.45) is 0 Å². The van der Waals surface area contributed by atoms with E-state index < -0.39 is 16.0 Å². The molecule has 144 valence electrons. The fourth-order valence-corrected chi connectivity index (χ4v) is 3.38. The number of benzene rings is 3. The van der Waals surface area contributed by atoms with Crippen LogP contribution in [0.15, 0.2) is 66.7 Å². The molecular weight excluding hydrogens is 376 g/mol. The van der Waals surface area contributed by atoms with Gasteiger partial charge < -0.3 is 10.4 Å². The Balaban J connectivity index is 1.97. The highest BCUT2D eigenvalue weighted by Crippen LogP contribution is 2.30. The zero-order valence-electron chi connectivity index (χ0n) is 15.4. The number of sulfonamides is 1. The number of para-hydroxylation sites is 1. The van der Waals surface area contributed by atoms with E-state index in [4.69, 9.17) is 0 Å². The van der Waals surface area contributed by atoms with Crippen molar-refractivity contribution in [3.8, 4) is 11.1 Å². The van der Waals surface area contributed by atoms with Crippen LogP contribution in [-0.4, -0.2) is 25.7 Å². The lowest BCUT2D eigenvalue weighted by molar-refractivity contribution is 0.0698. The van der Waals surface area contributed by atoms with E-state index in [1.807, 2.05) is 31.2 Å². The van der Waals surface area contributed by atoms with E-state index in [1.165, 1.54) is 0 Å². The molecule has 3 rings (SSSR count). The highest BCUT2D eigenvalue weighted by Gasteiger charge is 2.13. The molecule has 6 nitrogen and oxygen atoms in total. The molecule has 0 bridgehead atoms. The van der Waals surface area contributed by atoms with Crippen LogP contribution in [0.2, 0.25) is 0 Å². The van der Waals surface area contributed by atoms with Gasteiger partial charge in [-0.25, -0.2) is 13.2 Å². The molecule has 0 fully saturated rings. The standard InChI is InChI=1S/C21H20N2O4S/c1-14-5-3-4-6-19(14)22-20-13-16(9-12-18(20)21(24)25)15-7-10-17(11-8-15)23-28(2,26)27/h3-13,22-23H,1-2H3,(H,24,25). The minimum absolute atomic E-state index is 0.169. The number of rotatable bonds is 6. The highest BCUT2D eigenvalue weighted by atomic mass is 32.2. The summed E-state index contributed by atoms with van der Waals surface area (Å²) in [4.78, 5) is 11.6. The van der Waals surface area contributed by atoms with E-state index in [1.54, 1.807) is 42.5 Å². The lowest BCUT2D eigenvalue weighted by atomic mass is 10.0. The van der Waals surface area contributed by atoms with Crippen LogP contribution in [0, 0.1) is 6.92 Å². The maximum Gasteiger partial charge on any atom is 0.337 e. The Morgan fingerprint density at radius 3 is 2.14 bits per heavy atom. The van der Waals surface area contributed by atoms with Crippen LogP contribution < -0.4 is 10.0 Å². The molecule has 0 saturated heterocycles. The van der Waals surface area contributed by atoms with Crippen molar-refractivity contribution in [3.63, 3.8) is 0 Å². The first-order chi connectivity index (χ1) is 13.2. The van der Waals surface area contributed by atoms with Crippen molar-refractivity contribution >= 4 is 33.1 Å². The third-order valence-corrected chi connectivity index (χ3v) is 4.79. The minimum Gasteiger partial charge on any atom is -0.478 e. The van der Waals surface area contributed by atoms with E-state index in [0.29, 0.717) is 11.4 Å². The summed E-state index contributed by atoms with van der Waals surface area (Å²) in [6, 6.07) is 19.6. The maximum absolute atomic E-state index is 11.6. The Kier molecular flexibility index (Phi) is 5.37. The number of anilines is 3. The van der Waals surface area contributed by atoms with Crippen LogP contribution in [0.4, 0.5) is 17.1 Å². The quantitative estimate of drug-likeness (QED) is 0.571. The summed E-state index contributed by atoms with van der Waals surface area (Å²) in [6.45, 7) is 1.94. The zero-order valence-corrected chi connectivity index (χ0v) is 16.2. The lowest BCUT2D eigenvalue weighted by Crippen LogP contribution is -2.09. The summed E-state index contributed by atoms with van der Waals surface area (Å²) < 4.78 is 25.1. The van der Waals surface area contributed by atoms with Crippen molar-refractivity contribution in [3.05, 3.63) is 77.9 Å². The molecule has 0 aromatic heterocycles. The third kappa shape index (κ3) is 4.69. The molecule has 0 atom stereocenters. The topological polar surface area (TPSA) is 95.5 Å². The Morgan fingerprint density at radius 1 is 0.893 bits per heavy atom. The monoisotopic (exact) mass is 396 g/mol. The van der Waals surface area contributed by atoms with Crippen LogP contribution in [0.3, 0.4) is 0 Å². The van der Waals surface area contributed by atoms with Gasteiger partial charge in [-0.05, 0) is 53.9 Å². The fraction of sp³-hybridized carbons (Fsp3) is 0.0952. The van der Waals surface area contributed by atoms with Crippen LogP contribution in [0.1, 0.15) is 15.9 Å². The molecule has 3 aromatic rings. The van der Waals surface area contributed by atoms with Gasteiger partial charge >= 0.3 is 5.97 Å². The molecule has 3 aromatic carbocycles. The van der Waals surface area contributed by atoms with E-state index in [9.17, 15) is 18.3 Å². The van der Waals surface area contributed by atoms with Gasteiger partial charge in [-0.3, -0.25) is 4.72 Å². The number of hydrogen-bond donors (Lipinski definition) is 3. The molecule has 0 unspecified atom stereocenters. The van der Waals surface area contributed by atoms with Gasteiger partial charge in [-0.15, -0.1) is 0 Å². The number of aryl methyl sites for hydroxylation is 1. The summed E-state index contributed by atoms with van der Waals surface area (Å²) in [5.74, 6) is -1.02. The summed E-state index contributed by atoms with van der Waals surface area (Å²) in [6.07, 6.45) is 1.09. The Labute approximate surface area is 163 Å². The highest BCUT2D eigenvalue weighted by molar-refractivity contribution is 7.92. The first-order valence-electron chi connectivity index (χ1n) is 8.51. The molecule has 0 aliphatic carbocycles. The largest absolute Gasteiger partial charge is 0.478 e. The Hall–Kier alpha value is -3.32.